The Balaban J connectivity index is 1.97. The van der Waals surface area contributed by atoms with Crippen LogP contribution in [0, 0.1) is 0 Å². The van der Waals surface area contributed by atoms with Crippen LogP contribution < -0.4 is 10.6 Å². The lowest BCUT2D eigenvalue weighted by atomic mass is 10.3. The summed E-state index contributed by atoms with van der Waals surface area (Å²) < 4.78 is 5.87. The molecule has 21 heavy (non-hydrogen) atoms. The molecule has 0 saturated heterocycles. The molecule has 2 rings (SSSR count). The number of carbonyl (C=O) groups excluding carboxylic acids is 1. The maximum absolute atomic E-state index is 11.8. The predicted octanol–water partition coefficient (Wildman–Crippen LogP) is 2.96. The maximum atomic E-state index is 11.8. The Bertz CT molecular complexity index is 602. The summed E-state index contributed by atoms with van der Waals surface area (Å²) in [6.07, 6.45) is 1.63. The molecule has 0 fully saturated rings. The second kappa shape index (κ2) is 7.75. The molecule has 0 atom stereocenters. The lowest BCUT2D eigenvalue weighted by molar-refractivity contribution is 0.0932. The molecule has 0 spiro atoms. The molecule has 2 aromatic rings. The summed E-state index contributed by atoms with van der Waals surface area (Å²) in [5.41, 5.74) is 2.15. The molecule has 5 nitrogen and oxygen atoms in total. The molecule has 110 valence electrons. The van der Waals surface area contributed by atoms with Gasteiger partial charge in [-0.05, 0) is 30.3 Å². The third-order valence-corrected chi connectivity index (χ3v) is 3.19. The maximum Gasteiger partial charge on any atom is 0.269 e. The van der Waals surface area contributed by atoms with E-state index < -0.39 is 0 Å². The van der Waals surface area contributed by atoms with Gasteiger partial charge in [0.15, 0.2) is 0 Å². The van der Waals surface area contributed by atoms with Crippen molar-refractivity contribution in [1.29, 1.82) is 0 Å². The van der Waals surface area contributed by atoms with E-state index in [1.54, 1.807) is 19.4 Å². The molecule has 0 aliphatic carbocycles. The SMILES string of the molecule is COCCNC(=O)c1ccc(Nc2cccc(Br)c2)cn1. The summed E-state index contributed by atoms with van der Waals surface area (Å²) in [4.78, 5) is 15.9. The molecule has 6 heteroatoms. The van der Waals surface area contributed by atoms with Crippen molar-refractivity contribution in [3.63, 3.8) is 0 Å². The van der Waals surface area contributed by atoms with Crippen LogP contribution >= 0.6 is 15.9 Å². The van der Waals surface area contributed by atoms with Crippen molar-refractivity contribution >= 4 is 33.2 Å². The van der Waals surface area contributed by atoms with Gasteiger partial charge in [-0.3, -0.25) is 4.79 Å². The number of aromatic nitrogens is 1. The number of carbonyl (C=O) groups is 1. The molecule has 1 amide bonds. The second-order valence-electron chi connectivity index (χ2n) is 4.32. The van der Waals surface area contributed by atoms with Crippen LogP contribution in [0.4, 0.5) is 11.4 Å². The number of nitrogens with one attached hydrogen (secondary N) is 2. The molecule has 0 radical (unpaired) electrons. The van der Waals surface area contributed by atoms with E-state index in [1.807, 2.05) is 30.3 Å². The van der Waals surface area contributed by atoms with Gasteiger partial charge in [0.05, 0.1) is 18.5 Å². The molecular formula is C15H16BrN3O2. The van der Waals surface area contributed by atoms with Crippen LogP contribution in [0.25, 0.3) is 0 Å². The predicted molar refractivity (Wildman–Crippen MR) is 85.9 cm³/mol. The highest BCUT2D eigenvalue weighted by Crippen LogP contribution is 2.19. The minimum absolute atomic E-state index is 0.207. The quantitative estimate of drug-likeness (QED) is 0.787. The van der Waals surface area contributed by atoms with Gasteiger partial charge in [-0.1, -0.05) is 22.0 Å². The zero-order valence-corrected chi connectivity index (χ0v) is 13.2. The highest BCUT2D eigenvalue weighted by atomic mass is 79.9. The topological polar surface area (TPSA) is 63.2 Å². The molecule has 0 aliphatic heterocycles. The van der Waals surface area contributed by atoms with Gasteiger partial charge in [0.2, 0.25) is 0 Å². The molecule has 0 unspecified atom stereocenters. The number of nitrogens with zero attached hydrogens (tertiary/aromatic N) is 1. The molecule has 2 N–H and O–H groups in total. The monoisotopic (exact) mass is 349 g/mol. The normalized spacial score (nSPS) is 10.2. The first-order valence-electron chi connectivity index (χ1n) is 6.45. The largest absolute Gasteiger partial charge is 0.383 e. The van der Waals surface area contributed by atoms with Crippen LogP contribution in [0.3, 0.4) is 0 Å². The van der Waals surface area contributed by atoms with E-state index in [2.05, 4.69) is 31.5 Å². The minimum atomic E-state index is -0.207. The first-order valence-corrected chi connectivity index (χ1v) is 7.24. The number of pyridine rings is 1. The molecule has 0 aliphatic rings. The van der Waals surface area contributed by atoms with Crippen molar-refractivity contribution in [2.24, 2.45) is 0 Å². The third-order valence-electron chi connectivity index (χ3n) is 2.70. The van der Waals surface area contributed by atoms with Crippen molar-refractivity contribution in [3.8, 4) is 0 Å². The van der Waals surface area contributed by atoms with Crippen molar-refractivity contribution in [1.82, 2.24) is 10.3 Å². The van der Waals surface area contributed by atoms with Crippen LogP contribution in [-0.2, 0) is 4.74 Å². The number of amides is 1. The van der Waals surface area contributed by atoms with Gasteiger partial charge in [0, 0.05) is 23.8 Å². The standard InChI is InChI=1S/C15H16BrN3O2/c1-21-8-7-17-15(20)14-6-5-13(10-18-14)19-12-4-2-3-11(16)9-12/h2-6,9-10,19H,7-8H2,1H3,(H,17,20). The van der Waals surface area contributed by atoms with E-state index >= 15 is 0 Å². The number of hydrogen-bond donors (Lipinski definition) is 2. The molecular weight excluding hydrogens is 334 g/mol. The Morgan fingerprint density at radius 2 is 2.14 bits per heavy atom. The fraction of sp³-hybridized carbons (Fsp3) is 0.200. The van der Waals surface area contributed by atoms with Gasteiger partial charge < -0.3 is 15.4 Å². The average molecular weight is 350 g/mol. The second-order valence-corrected chi connectivity index (χ2v) is 5.23. The van der Waals surface area contributed by atoms with Gasteiger partial charge >= 0.3 is 0 Å². The van der Waals surface area contributed by atoms with Gasteiger partial charge in [-0.15, -0.1) is 0 Å². The zero-order valence-electron chi connectivity index (χ0n) is 11.6. The average Bonchev–Trinajstić information content (AvgIpc) is 2.48. The highest BCUT2D eigenvalue weighted by Gasteiger charge is 2.06. The molecule has 1 aromatic carbocycles. The third kappa shape index (κ3) is 4.84. The number of methoxy groups -OCH3 is 1. The van der Waals surface area contributed by atoms with E-state index in [9.17, 15) is 4.79 Å². The number of ether oxygens (including phenoxy) is 1. The fourth-order valence-corrected chi connectivity index (χ4v) is 2.09. The van der Waals surface area contributed by atoms with Crippen molar-refractivity contribution < 1.29 is 9.53 Å². The van der Waals surface area contributed by atoms with Crippen molar-refractivity contribution in [2.45, 2.75) is 0 Å². The Morgan fingerprint density at radius 1 is 1.29 bits per heavy atom. The summed E-state index contributed by atoms with van der Waals surface area (Å²) in [5, 5.41) is 5.94. The summed E-state index contributed by atoms with van der Waals surface area (Å²) in [5.74, 6) is -0.207. The number of rotatable bonds is 6. The smallest absolute Gasteiger partial charge is 0.269 e. The molecule has 0 bridgehead atoms. The lowest BCUT2D eigenvalue weighted by Gasteiger charge is -2.08. The van der Waals surface area contributed by atoms with Crippen LogP contribution in [0.1, 0.15) is 10.5 Å². The van der Waals surface area contributed by atoms with Gasteiger partial charge in [0.1, 0.15) is 5.69 Å². The molecule has 1 aromatic heterocycles. The highest BCUT2D eigenvalue weighted by molar-refractivity contribution is 9.10. The molecule has 1 heterocycles. The van der Waals surface area contributed by atoms with Crippen molar-refractivity contribution in [2.75, 3.05) is 25.6 Å². The van der Waals surface area contributed by atoms with Crippen LogP contribution in [-0.4, -0.2) is 31.2 Å². The number of halogens is 1. The van der Waals surface area contributed by atoms with Gasteiger partial charge in [-0.2, -0.15) is 0 Å². The van der Waals surface area contributed by atoms with Crippen molar-refractivity contribution in [3.05, 3.63) is 52.8 Å². The number of hydrogen-bond acceptors (Lipinski definition) is 4. The van der Waals surface area contributed by atoms with Gasteiger partial charge in [0.25, 0.3) is 5.91 Å². The fourth-order valence-electron chi connectivity index (χ4n) is 1.69. The lowest BCUT2D eigenvalue weighted by Crippen LogP contribution is -2.27. The first kappa shape index (κ1) is 15.5. The van der Waals surface area contributed by atoms with E-state index in [0.29, 0.717) is 18.8 Å². The Labute approximate surface area is 131 Å². The summed E-state index contributed by atoms with van der Waals surface area (Å²) in [6, 6.07) is 11.3. The van der Waals surface area contributed by atoms with Crippen LogP contribution in [0.15, 0.2) is 47.1 Å². The summed E-state index contributed by atoms with van der Waals surface area (Å²) >= 11 is 3.42. The summed E-state index contributed by atoms with van der Waals surface area (Å²) in [6.45, 7) is 0.948. The summed E-state index contributed by atoms with van der Waals surface area (Å²) in [7, 11) is 1.59. The van der Waals surface area contributed by atoms with E-state index in [4.69, 9.17) is 4.74 Å². The van der Waals surface area contributed by atoms with Gasteiger partial charge in [-0.25, -0.2) is 4.98 Å². The molecule has 0 saturated carbocycles. The van der Waals surface area contributed by atoms with E-state index in [1.165, 1.54) is 0 Å². The first-order chi connectivity index (χ1) is 10.2. The van der Waals surface area contributed by atoms with Crippen LogP contribution in [0.5, 0.6) is 0 Å². The Morgan fingerprint density at radius 3 is 2.81 bits per heavy atom. The number of anilines is 2. The Hall–Kier alpha value is -1.92. The number of benzene rings is 1. The van der Waals surface area contributed by atoms with E-state index in [-0.39, 0.29) is 5.91 Å². The zero-order chi connectivity index (χ0) is 15.1. The van der Waals surface area contributed by atoms with Crippen LogP contribution in [0.2, 0.25) is 0 Å². The Kier molecular flexibility index (Phi) is 5.71. The van der Waals surface area contributed by atoms with E-state index in [0.717, 1.165) is 15.8 Å². The minimum Gasteiger partial charge on any atom is -0.383 e.